The fourth-order valence-corrected chi connectivity index (χ4v) is 3.17. The molecule has 3 nitrogen and oxygen atoms in total. The number of aliphatic hydroxyl groups excluding tert-OH is 1. The normalized spacial score (nSPS) is 33.6. The van der Waals surface area contributed by atoms with Gasteiger partial charge in [-0.15, -0.1) is 0 Å². The van der Waals surface area contributed by atoms with E-state index in [1.165, 1.54) is 0 Å². The molecule has 3 rings (SSSR count). The zero-order valence-corrected chi connectivity index (χ0v) is 9.69. The number of benzene rings is 1. The number of halogens is 1. The van der Waals surface area contributed by atoms with Gasteiger partial charge >= 0.3 is 0 Å². The van der Waals surface area contributed by atoms with Crippen LogP contribution in [-0.2, 0) is 6.54 Å². The van der Waals surface area contributed by atoms with Crippen molar-refractivity contribution >= 4 is 11.6 Å². The minimum atomic E-state index is -0.246. The lowest BCUT2D eigenvalue weighted by molar-refractivity contribution is 0.166. The van der Waals surface area contributed by atoms with E-state index in [1.54, 1.807) is 0 Å². The molecule has 0 saturated carbocycles. The van der Waals surface area contributed by atoms with Crippen LogP contribution < -0.4 is 5.73 Å². The van der Waals surface area contributed by atoms with Gasteiger partial charge in [0, 0.05) is 30.2 Å². The van der Waals surface area contributed by atoms with Crippen molar-refractivity contribution in [3.8, 4) is 0 Å². The molecule has 3 unspecified atom stereocenters. The summed E-state index contributed by atoms with van der Waals surface area (Å²) >= 11 is 6.19. The van der Waals surface area contributed by atoms with Crippen molar-refractivity contribution in [3.63, 3.8) is 0 Å². The second kappa shape index (κ2) is 3.70. The third-order valence-corrected chi connectivity index (χ3v) is 4.07. The minimum Gasteiger partial charge on any atom is -0.392 e. The summed E-state index contributed by atoms with van der Waals surface area (Å²) in [5, 5.41) is 10.5. The molecule has 0 bridgehead atoms. The summed E-state index contributed by atoms with van der Waals surface area (Å²) in [5.41, 5.74) is 8.52. The van der Waals surface area contributed by atoms with Crippen LogP contribution in [0.5, 0.6) is 0 Å². The number of hydrogen-bond acceptors (Lipinski definition) is 3. The van der Waals surface area contributed by atoms with E-state index in [1.807, 2.05) is 18.2 Å². The van der Waals surface area contributed by atoms with E-state index in [0.717, 1.165) is 29.1 Å². The van der Waals surface area contributed by atoms with Crippen LogP contribution in [0.25, 0.3) is 0 Å². The van der Waals surface area contributed by atoms with Gasteiger partial charge in [-0.3, -0.25) is 4.90 Å². The van der Waals surface area contributed by atoms with Crippen LogP contribution in [0.3, 0.4) is 0 Å². The van der Waals surface area contributed by atoms with Gasteiger partial charge < -0.3 is 10.8 Å². The third-order valence-electron chi connectivity index (χ3n) is 3.72. The van der Waals surface area contributed by atoms with E-state index in [9.17, 15) is 5.11 Å². The maximum atomic E-state index is 9.70. The van der Waals surface area contributed by atoms with Crippen LogP contribution in [0.15, 0.2) is 18.2 Å². The average Bonchev–Trinajstić information content (AvgIpc) is 2.61. The molecule has 16 heavy (non-hydrogen) atoms. The fraction of sp³-hybridized carbons (Fsp3) is 0.500. The number of aliphatic hydroxyl groups is 1. The first-order valence-electron chi connectivity index (χ1n) is 5.62. The highest BCUT2D eigenvalue weighted by Crippen LogP contribution is 2.38. The maximum absolute atomic E-state index is 9.70. The van der Waals surface area contributed by atoms with Gasteiger partial charge in [0.1, 0.15) is 0 Å². The van der Waals surface area contributed by atoms with Gasteiger partial charge in [-0.2, -0.15) is 0 Å². The lowest BCUT2D eigenvalue weighted by Gasteiger charge is -2.36. The van der Waals surface area contributed by atoms with E-state index in [4.69, 9.17) is 17.3 Å². The largest absolute Gasteiger partial charge is 0.392 e. The SMILES string of the molecule is NC1c2cccc(Cl)c2CN2CC(O)CC12. The second-order valence-electron chi connectivity index (χ2n) is 4.72. The Labute approximate surface area is 99.8 Å². The molecule has 0 spiro atoms. The van der Waals surface area contributed by atoms with Gasteiger partial charge in [0.2, 0.25) is 0 Å². The van der Waals surface area contributed by atoms with Crippen LogP contribution in [-0.4, -0.2) is 28.7 Å². The predicted molar refractivity (Wildman–Crippen MR) is 63.2 cm³/mol. The zero-order valence-electron chi connectivity index (χ0n) is 8.94. The van der Waals surface area contributed by atoms with Crippen molar-refractivity contribution in [1.29, 1.82) is 0 Å². The highest BCUT2D eigenvalue weighted by atomic mass is 35.5. The monoisotopic (exact) mass is 238 g/mol. The summed E-state index contributed by atoms with van der Waals surface area (Å²) in [7, 11) is 0. The van der Waals surface area contributed by atoms with E-state index in [-0.39, 0.29) is 18.2 Å². The molecule has 3 N–H and O–H groups in total. The van der Waals surface area contributed by atoms with Crippen molar-refractivity contribution in [2.75, 3.05) is 6.54 Å². The van der Waals surface area contributed by atoms with Crippen molar-refractivity contribution in [3.05, 3.63) is 34.3 Å². The Morgan fingerprint density at radius 3 is 3.06 bits per heavy atom. The Morgan fingerprint density at radius 2 is 2.25 bits per heavy atom. The summed E-state index contributed by atoms with van der Waals surface area (Å²) in [5.74, 6) is 0. The topological polar surface area (TPSA) is 49.5 Å². The van der Waals surface area contributed by atoms with E-state index < -0.39 is 0 Å². The Balaban J connectivity index is 2.03. The number of fused-ring (bicyclic) bond motifs is 2. The Kier molecular flexibility index (Phi) is 2.44. The summed E-state index contributed by atoms with van der Waals surface area (Å²) in [6, 6.07) is 6.14. The number of hydrogen-bond donors (Lipinski definition) is 2. The molecule has 0 aromatic heterocycles. The Morgan fingerprint density at radius 1 is 1.44 bits per heavy atom. The first kappa shape index (κ1) is 10.5. The molecule has 86 valence electrons. The molecule has 2 aliphatic heterocycles. The molecule has 1 aromatic carbocycles. The van der Waals surface area contributed by atoms with E-state index >= 15 is 0 Å². The smallest absolute Gasteiger partial charge is 0.0683 e. The van der Waals surface area contributed by atoms with Crippen molar-refractivity contribution in [2.45, 2.75) is 31.2 Å². The van der Waals surface area contributed by atoms with Crippen LogP contribution in [0.1, 0.15) is 23.6 Å². The molecule has 1 saturated heterocycles. The van der Waals surface area contributed by atoms with Crippen LogP contribution in [0, 0.1) is 0 Å². The lowest BCUT2D eigenvalue weighted by atomic mass is 9.90. The van der Waals surface area contributed by atoms with E-state index in [0.29, 0.717) is 6.54 Å². The molecule has 4 heteroatoms. The van der Waals surface area contributed by atoms with Gasteiger partial charge in [-0.25, -0.2) is 0 Å². The molecular formula is C12H15ClN2O. The fourth-order valence-electron chi connectivity index (χ4n) is 2.93. The van der Waals surface area contributed by atoms with E-state index in [2.05, 4.69) is 4.90 Å². The van der Waals surface area contributed by atoms with Crippen molar-refractivity contribution in [1.82, 2.24) is 4.90 Å². The van der Waals surface area contributed by atoms with Crippen molar-refractivity contribution in [2.24, 2.45) is 5.73 Å². The van der Waals surface area contributed by atoms with Crippen LogP contribution in [0.2, 0.25) is 5.02 Å². The first-order chi connectivity index (χ1) is 7.66. The molecule has 0 aliphatic carbocycles. The number of nitrogens with two attached hydrogens (primary N) is 1. The highest BCUT2D eigenvalue weighted by Gasteiger charge is 2.40. The quantitative estimate of drug-likeness (QED) is 0.716. The summed E-state index contributed by atoms with van der Waals surface area (Å²) in [4.78, 5) is 2.24. The predicted octanol–water partition coefficient (Wildman–Crippen LogP) is 1.29. The Bertz CT molecular complexity index is 423. The molecule has 3 atom stereocenters. The molecule has 2 heterocycles. The maximum Gasteiger partial charge on any atom is 0.0683 e. The minimum absolute atomic E-state index is 0.0281. The summed E-state index contributed by atoms with van der Waals surface area (Å²) in [6.07, 6.45) is 0.525. The molecule has 1 fully saturated rings. The average molecular weight is 239 g/mol. The van der Waals surface area contributed by atoms with Crippen molar-refractivity contribution < 1.29 is 5.11 Å². The third kappa shape index (κ3) is 1.47. The first-order valence-corrected chi connectivity index (χ1v) is 5.99. The second-order valence-corrected chi connectivity index (χ2v) is 5.13. The van der Waals surface area contributed by atoms with Crippen LogP contribution >= 0.6 is 11.6 Å². The molecule has 2 aliphatic rings. The standard InChI is InChI=1S/C12H15ClN2O/c13-10-3-1-2-8-9(10)6-15-5-7(16)4-11(15)12(8)14/h1-3,7,11-12,16H,4-6,14H2. The van der Waals surface area contributed by atoms with Gasteiger partial charge in [-0.1, -0.05) is 23.7 Å². The number of nitrogens with zero attached hydrogens (tertiary/aromatic N) is 1. The molecule has 0 radical (unpaired) electrons. The van der Waals surface area contributed by atoms with Gasteiger partial charge in [0.05, 0.1) is 6.10 Å². The van der Waals surface area contributed by atoms with Crippen LogP contribution in [0.4, 0.5) is 0 Å². The van der Waals surface area contributed by atoms with Gasteiger partial charge in [0.15, 0.2) is 0 Å². The summed E-state index contributed by atoms with van der Waals surface area (Å²) in [6.45, 7) is 1.52. The molecular weight excluding hydrogens is 224 g/mol. The summed E-state index contributed by atoms with van der Waals surface area (Å²) < 4.78 is 0. The zero-order chi connectivity index (χ0) is 11.3. The lowest BCUT2D eigenvalue weighted by Crippen LogP contribution is -2.42. The van der Waals surface area contributed by atoms with Gasteiger partial charge in [-0.05, 0) is 23.6 Å². The highest BCUT2D eigenvalue weighted by molar-refractivity contribution is 6.31. The molecule has 1 aromatic rings. The number of rotatable bonds is 0. The molecule has 0 amide bonds. The van der Waals surface area contributed by atoms with Gasteiger partial charge in [0.25, 0.3) is 0 Å². The Hall–Kier alpha value is -0.610.